The molecule has 0 aromatic carbocycles. The molecular formula is C9H12N2O5S2. The lowest BCUT2D eigenvalue weighted by atomic mass is 10.2. The van der Waals surface area contributed by atoms with Gasteiger partial charge in [0.15, 0.2) is 0 Å². The van der Waals surface area contributed by atoms with Gasteiger partial charge in [-0.3, -0.25) is 0 Å². The molecule has 1 aromatic rings. The Balaban J connectivity index is 3.01. The molecule has 0 atom stereocenters. The number of hydrogen-bond donors (Lipinski definition) is 2. The minimum absolute atomic E-state index is 0.0346. The van der Waals surface area contributed by atoms with Crippen molar-refractivity contribution in [1.29, 1.82) is 0 Å². The summed E-state index contributed by atoms with van der Waals surface area (Å²) in [7, 11) is -3.13. The summed E-state index contributed by atoms with van der Waals surface area (Å²) in [5.74, 6) is -1.17. The second-order valence-corrected chi connectivity index (χ2v) is 6.97. The number of carbonyl (C=O) groups is 1. The first-order valence-electron chi connectivity index (χ1n) is 4.85. The number of carboxylic acid groups (broad SMARTS) is 1. The normalized spacial score (nSPS) is 11.4. The van der Waals surface area contributed by atoms with Crippen LogP contribution in [0.4, 0.5) is 0 Å². The molecular weight excluding hydrogens is 280 g/mol. The number of carboxylic acids is 1. The number of thioether (sulfide) groups is 1. The summed E-state index contributed by atoms with van der Waals surface area (Å²) in [6, 6.07) is 0. The summed E-state index contributed by atoms with van der Waals surface area (Å²) in [6.07, 6.45) is 1.09. The topological polar surface area (TPSA) is 117 Å². The number of aromatic carboxylic acids is 1. The van der Waals surface area contributed by atoms with Crippen LogP contribution in [-0.2, 0) is 9.84 Å². The van der Waals surface area contributed by atoms with E-state index in [9.17, 15) is 18.0 Å². The van der Waals surface area contributed by atoms with Crippen molar-refractivity contribution in [2.45, 2.75) is 11.9 Å². The van der Waals surface area contributed by atoms with Gasteiger partial charge in [-0.05, 0) is 6.92 Å². The number of nitrogens with zero attached hydrogens (tertiary/aromatic N) is 1. The summed E-state index contributed by atoms with van der Waals surface area (Å²) < 4.78 is 21.9. The van der Waals surface area contributed by atoms with E-state index in [1.165, 1.54) is 6.92 Å². The van der Waals surface area contributed by atoms with Gasteiger partial charge >= 0.3 is 11.7 Å². The fourth-order valence-corrected chi connectivity index (χ4v) is 3.48. The molecule has 18 heavy (non-hydrogen) atoms. The maximum absolute atomic E-state index is 11.2. The van der Waals surface area contributed by atoms with Crippen molar-refractivity contribution in [1.82, 2.24) is 9.97 Å². The quantitative estimate of drug-likeness (QED) is 0.575. The van der Waals surface area contributed by atoms with E-state index in [1.807, 2.05) is 0 Å². The average Bonchev–Trinajstić information content (AvgIpc) is 2.13. The first-order chi connectivity index (χ1) is 8.20. The first kappa shape index (κ1) is 14.7. The summed E-state index contributed by atoms with van der Waals surface area (Å²) >= 11 is 0.939. The van der Waals surface area contributed by atoms with Gasteiger partial charge in [0.2, 0.25) is 0 Å². The predicted octanol–water partition coefficient (Wildman–Crippen LogP) is -0.0868. The number of rotatable bonds is 5. The van der Waals surface area contributed by atoms with Crippen molar-refractivity contribution in [3.05, 3.63) is 21.7 Å². The monoisotopic (exact) mass is 292 g/mol. The molecule has 0 saturated heterocycles. The van der Waals surface area contributed by atoms with Crippen molar-refractivity contribution in [2.75, 3.05) is 17.8 Å². The van der Waals surface area contributed by atoms with E-state index in [-0.39, 0.29) is 27.8 Å². The molecule has 1 rings (SSSR count). The number of aromatic nitrogens is 2. The van der Waals surface area contributed by atoms with Crippen LogP contribution in [-0.4, -0.2) is 47.2 Å². The molecule has 1 heterocycles. The molecule has 9 heteroatoms. The summed E-state index contributed by atoms with van der Waals surface area (Å²) in [5, 5.41) is 9.04. The van der Waals surface area contributed by atoms with Crippen molar-refractivity contribution >= 4 is 27.6 Å². The van der Waals surface area contributed by atoms with Crippen molar-refractivity contribution in [2.24, 2.45) is 0 Å². The first-order valence-corrected chi connectivity index (χ1v) is 7.90. The lowest BCUT2D eigenvalue weighted by Crippen LogP contribution is -2.18. The van der Waals surface area contributed by atoms with Crippen LogP contribution in [0.15, 0.2) is 9.82 Å². The van der Waals surface area contributed by atoms with Gasteiger partial charge in [0.1, 0.15) is 20.4 Å². The smallest absolute Gasteiger partial charge is 0.346 e. The highest BCUT2D eigenvalue weighted by atomic mass is 32.2. The zero-order valence-electron chi connectivity index (χ0n) is 9.76. The third-order valence-corrected chi connectivity index (χ3v) is 4.17. The second-order valence-electron chi connectivity index (χ2n) is 3.63. The molecule has 0 fully saturated rings. The van der Waals surface area contributed by atoms with Crippen LogP contribution in [0.5, 0.6) is 0 Å². The lowest BCUT2D eigenvalue weighted by Gasteiger charge is -2.06. The van der Waals surface area contributed by atoms with E-state index >= 15 is 0 Å². The van der Waals surface area contributed by atoms with E-state index in [2.05, 4.69) is 9.97 Å². The Morgan fingerprint density at radius 2 is 2.11 bits per heavy atom. The Morgan fingerprint density at radius 1 is 1.50 bits per heavy atom. The molecule has 100 valence electrons. The number of sulfone groups is 1. The standard InChI is InChI=1S/C9H12N2O5S2/c1-5-6(8(12)13)7(11-9(14)10-5)17-3-4-18(2,15)16/h3-4H2,1-2H3,(H,12,13)(H,10,11,14). The molecule has 0 unspecified atom stereocenters. The van der Waals surface area contributed by atoms with Gasteiger partial charge in [0.25, 0.3) is 0 Å². The molecule has 0 aliphatic carbocycles. The van der Waals surface area contributed by atoms with E-state index in [1.54, 1.807) is 0 Å². The second kappa shape index (κ2) is 5.53. The lowest BCUT2D eigenvalue weighted by molar-refractivity contribution is 0.0690. The number of nitrogens with one attached hydrogen (secondary N) is 1. The summed E-state index contributed by atoms with van der Waals surface area (Å²) in [5.41, 5.74) is -0.559. The highest BCUT2D eigenvalue weighted by Crippen LogP contribution is 2.20. The Morgan fingerprint density at radius 3 is 2.61 bits per heavy atom. The molecule has 2 N–H and O–H groups in total. The van der Waals surface area contributed by atoms with Crippen molar-refractivity contribution in [3.8, 4) is 0 Å². The Hall–Kier alpha value is -1.35. The molecule has 0 bridgehead atoms. The van der Waals surface area contributed by atoms with Gasteiger partial charge in [0.05, 0.1) is 5.75 Å². The highest BCUT2D eigenvalue weighted by molar-refractivity contribution is 8.00. The zero-order chi connectivity index (χ0) is 13.9. The van der Waals surface area contributed by atoms with Crippen LogP contribution in [0.2, 0.25) is 0 Å². The number of H-pyrrole nitrogens is 1. The van der Waals surface area contributed by atoms with Gasteiger partial charge in [-0.25, -0.2) is 18.0 Å². The highest BCUT2D eigenvalue weighted by Gasteiger charge is 2.17. The molecule has 0 amide bonds. The molecule has 1 aromatic heterocycles. The van der Waals surface area contributed by atoms with Crippen LogP contribution >= 0.6 is 11.8 Å². The largest absolute Gasteiger partial charge is 0.478 e. The number of aryl methyl sites for hydroxylation is 1. The minimum atomic E-state index is -3.13. The maximum Gasteiger partial charge on any atom is 0.346 e. The number of aromatic amines is 1. The van der Waals surface area contributed by atoms with Crippen LogP contribution in [0.25, 0.3) is 0 Å². The fourth-order valence-electron chi connectivity index (χ4n) is 1.21. The van der Waals surface area contributed by atoms with E-state index in [0.29, 0.717) is 0 Å². The molecule has 0 spiro atoms. The Labute approximate surface area is 108 Å². The van der Waals surface area contributed by atoms with Gasteiger partial charge in [0, 0.05) is 17.7 Å². The summed E-state index contributed by atoms with van der Waals surface area (Å²) in [6.45, 7) is 1.45. The van der Waals surface area contributed by atoms with Gasteiger partial charge < -0.3 is 10.1 Å². The maximum atomic E-state index is 11.2. The fraction of sp³-hybridized carbons (Fsp3) is 0.444. The zero-order valence-corrected chi connectivity index (χ0v) is 11.4. The molecule has 0 saturated carbocycles. The predicted molar refractivity (Wildman–Crippen MR) is 67.0 cm³/mol. The molecule has 0 aliphatic heterocycles. The third-order valence-electron chi connectivity index (χ3n) is 1.99. The molecule has 7 nitrogen and oxygen atoms in total. The van der Waals surface area contributed by atoms with Crippen molar-refractivity contribution < 1.29 is 18.3 Å². The van der Waals surface area contributed by atoms with Gasteiger partial charge in [-0.1, -0.05) is 0 Å². The van der Waals surface area contributed by atoms with Crippen LogP contribution < -0.4 is 5.69 Å². The Kier molecular flexibility index (Phi) is 4.52. The van der Waals surface area contributed by atoms with Crippen LogP contribution in [0.3, 0.4) is 0 Å². The van der Waals surface area contributed by atoms with Crippen molar-refractivity contribution in [3.63, 3.8) is 0 Å². The average molecular weight is 292 g/mol. The van der Waals surface area contributed by atoms with Crippen LogP contribution in [0.1, 0.15) is 16.1 Å². The Bertz CT molecular complexity index is 620. The van der Waals surface area contributed by atoms with Crippen LogP contribution in [0, 0.1) is 6.92 Å². The SMILES string of the molecule is Cc1[nH]c(=O)nc(SCCS(C)(=O)=O)c1C(=O)O. The molecule has 0 aliphatic rings. The van der Waals surface area contributed by atoms with Gasteiger partial charge in [-0.2, -0.15) is 4.98 Å². The number of hydrogen-bond acceptors (Lipinski definition) is 6. The summed E-state index contributed by atoms with van der Waals surface area (Å²) in [4.78, 5) is 28.0. The molecule has 0 radical (unpaired) electrons. The van der Waals surface area contributed by atoms with E-state index in [4.69, 9.17) is 5.11 Å². The minimum Gasteiger partial charge on any atom is -0.478 e. The van der Waals surface area contributed by atoms with E-state index in [0.717, 1.165) is 18.0 Å². The van der Waals surface area contributed by atoms with E-state index < -0.39 is 21.5 Å². The van der Waals surface area contributed by atoms with Gasteiger partial charge in [-0.15, -0.1) is 11.8 Å². The third kappa shape index (κ3) is 4.15.